The normalized spacial score (nSPS) is 13.7. The molecule has 0 atom stereocenters. The van der Waals surface area contributed by atoms with Crippen LogP contribution in [0.2, 0.25) is 0 Å². The van der Waals surface area contributed by atoms with Crippen LogP contribution in [0.25, 0.3) is 11.3 Å². The summed E-state index contributed by atoms with van der Waals surface area (Å²) < 4.78 is 16.1. The molecule has 0 spiro atoms. The summed E-state index contributed by atoms with van der Waals surface area (Å²) in [6.07, 6.45) is 0. The Morgan fingerprint density at radius 1 is 1.24 bits per heavy atom. The van der Waals surface area contributed by atoms with E-state index in [2.05, 4.69) is 5.16 Å². The Balaban J connectivity index is 2.20. The summed E-state index contributed by atoms with van der Waals surface area (Å²) in [4.78, 5) is 0. The fourth-order valence-corrected chi connectivity index (χ4v) is 1.94. The third-order valence-corrected chi connectivity index (χ3v) is 2.70. The average molecular weight is 232 g/mol. The lowest BCUT2D eigenvalue weighted by molar-refractivity contribution is 0.172. The summed E-state index contributed by atoms with van der Waals surface area (Å²) in [5.74, 6) is 1.73. The van der Waals surface area contributed by atoms with E-state index in [9.17, 15) is 0 Å². The molecule has 88 valence electrons. The predicted molar refractivity (Wildman–Crippen MR) is 62.1 cm³/mol. The van der Waals surface area contributed by atoms with Crippen molar-refractivity contribution < 1.29 is 14.0 Å². The Hall–Kier alpha value is -2.17. The lowest BCUT2D eigenvalue weighted by Gasteiger charge is -2.21. The van der Waals surface area contributed by atoms with E-state index in [1.165, 1.54) is 0 Å². The maximum atomic E-state index is 5.65. The molecule has 0 saturated carbocycles. The van der Waals surface area contributed by atoms with Crippen molar-refractivity contribution >= 4 is 5.88 Å². The van der Waals surface area contributed by atoms with Gasteiger partial charge in [-0.3, -0.25) is 0 Å². The Bertz CT molecular complexity index is 563. The van der Waals surface area contributed by atoms with Gasteiger partial charge in [-0.05, 0) is 18.6 Å². The van der Waals surface area contributed by atoms with E-state index >= 15 is 0 Å². The van der Waals surface area contributed by atoms with Gasteiger partial charge in [-0.25, -0.2) is 0 Å². The quantitative estimate of drug-likeness (QED) is 0.814. The molecule has 5 heteroatoms. The molecule has 3 rings (SSSR count). The van der Waals surface area contributed by atoms with Gasteiger partial charge in [-0.1, -0.05) is 11.2 Å². The highest BCUT2D eigenvalue weighted by Gasteiger charge is 2.21. The molecule has 17 heavy (non-hydrogen) atoms. The minimum absolute atomic E-state index is 0.286. The first-order valence-corrected chi connectivity index (χ1v) is 5.37. The average Bonchev–Trinajstić information content (AvgIpc) is 2.75. The van der Waals surface area contributed by atoms with E-state index in [1.54, 1.807) is 6.07 Å². The number of nitrogens with two attached hydrogens (primary N) is 1. The maximum absolute atomic E-state index is 5.65. The Kier molecular flexibility index (Phi) is 2.18. The third-order valence-electron chi connectivity index (χ3n) is 2.70. The molecule has 1 aliphatic rings. The van der Waals surface area contributed by atoms with Crippen LogP contribution >= 0.6 is 0 Å². The van der Waals surface area contributed by atoms with Gasteiger partial charge >= 0.3 is 0 Å². The van der Waals surface area contributed by atoms with Gasteiger partial charge in [0.25, 0.3) is 0 Å². The van der Waals surface area contributed by atoms with Crippen LogP contribution in [-0.4, -0.2) is 18.4 Å². The first-order valence-electron chi connectivity index (χ1n) is 5.37. The smallest absolute Gasteiger partial charge is 0.222 e. The molecule has 0 bridgehead atoms. The van der Waals surface area contributed by atoms with Crippen molar-refractivity contribution in [1.82, 2.24) is 5.16 Å². The monoisotopic (exact) mass is 232 g/mol. The first-order chi connectivity index (χ1) is 8.25. The fourth-order valence-electron chi connectivity index (χ4n) is 1.94. The molecular weight excluding hydrogens is 220 g/mol. The molecule has 0 fully saturated rings. The highest BCUT2D eigenvalue weighted by molar-refractivity contribution is 5.75. The summed E-state index contributed by atoms with van der Waals surface area (Å²) in [6.45, 7) is 3.09. The van der Waals surface area contributed by atoms with E-state index in [0.717, 1.165) is 16.9 Å². The van der Waals surface area contributed by atoms with Crippen molar-refractivity contribution in [3.05, 3.63) is 23.8 Å². The van der Waals surface area contributed by atoms with Gasteiger partial charge in [0.2, 0.25) is 5.88 Å². The third kappa shape index (κ3) is 1.60. The van der Waals surface area contributed by atoms with Crippen LogP contribution in [-0.2, 0) is 0 Å². The summed E-state index contributed by atoms with van der Waals surface area (Å²) >= 11 is 0. The van der Waals surface area contributed by atoms with Crippen molar-refractivity contribution in [2.45, 2.75) is 6.92 Å². The minimum atomic E-state index is 0.286. The number of anilines is 1. The Morgan fingerprint density at radius 3 is 2.82 bits per heavy atom. The van der Waals surface area contributed by atoms with Crippen LogP contribution in [0.4, 0.5) is 5.88 Å². The molecule has 0 amide bonds. The van der Waals surface area contributed by atoms with Crippen molar-refractivity contribution in [2.24, 2.45) is 0 Å². The van der Waals surface area contributed by atoms with E-state index in [1.807, 2.05) is 19.1 Å². The molecule has 1 aromatic carbocycles. The number of hydrogen-bond acceptors (Lipinski definition) is 5. The predicted octanol–water partition coefficient (Wildman–Crippen LogP) is 2.00. The lowest BCUT2D eigenvalue weighted by Crippen LogP contribution is -2.16. The molecule has 2 N–H and O–H groups in total. The van der Waals surface area contributed by atoms with E-state index in [4.69, 9.17) is 19.7 Å². The minimum Gasteiger partial charge on any atom is -0.486 e. The van der Waals surface area contributed by atoms with Gasteiger partial charge in [0.1, 0.15) is 18.9 Å². The second kappa shape index (κ2) is 3.69. The number of nitrogens with zero attached hydrogens (tertiary/aromatic N) is 1. The molecule has 0 aliphatic carbocycles. The number of ether oxygens (including phenoxy) is 2. The van der Waals surface area contributed by atoms with Gasteiger partial charge in [-0.15, -0.1) is 0 Å². The van der Waals surface area contributed by atoms with Crippen molar-refractivity contribution in [3.8, 4) is 22.8 Å². The number of benzene rings is 1. The van der Waals surface area contributed by atoms with Crippen LogP contribution in [0.3, 0.4) is 0 Å². The molecule has 5 nitrogen and oxygen atoms in total. The first kappa shape index (κ1) is 10.0. The van der Waals surface area contributed by atoms with Crippen molar-refractivity contribution in [3.63, 3.8) is 0 Å². The van der Waals surface area contributed by atoms with Gasteiger partial charge in [0.15, 0.2) is 11.5 Å². The Morgan fingerprint density at radius 2 is 2.06 bits per heavy atom. The van der Waals surface area contributed by atoms with E-state index in [-0.39, 0.29) is 5.88 Å². The van der Waals surface area contributed by atoms with Gasteiger partial charge in [0, 0.05) is 6.07 Å². The summed E-state index contributed by atoms with van der Waals surface area (Å²) in [5.41, 5.74) is 8.13. The van der Waals surface area contributed by atoms with Gasteiger partial charge < -0.3 is 19.7 Å². The molecule has 2 heterocycles. The zero-order chi connectivity index (χ0) is 11.8. The number of rotatable bonds is 1. The summed E-state index contributed by atoms with van der Waals surface area (Å²) in [5, 5.41) is 3.92. The van der Waals surface area contributed by atoms with Crippen molar-refractivity contribution in [2.75, 3.05) is 18.9 Å². The highest BCUT2D eigenvalue weighted by Crippen LogP contribution is 2.41. The zero-order valence-corrected chi connectivity index (χ0v) is 9.40. The Labute approximate surface area is 98.1 Å². The van der Waals surface area contributed by atoms with Crippen LogP contribution in [0.5, 0.6) is 11.5 Å². The van der Waals surface area contributed by atoms with Gasteiger partial charge in [0.05, 0.1) is 5.56 Å². The molecule has 0 radical (unpaired) electrons. The molecular formula is C12H12N2O3. The maximum Gasteiger partial charge on any atom is 0.222 e. The molecule has 2 aromatic rings. The SMILES string of the molecule is Cc1ccc2c(c1-c1cc(N)on1)OCCO2. The van der Waals surface area contributed by atoms with Crippen LogP contribution < -0.4 is 15.2 Å². The number of aromatic nitrogens is 1. The largest absolute Gasteiger partial charge is 0.486 e. The van der Waals surface area contributed by atoms with Crippen LogP contribution in [0.1, 0.15) is 5.56 Å². The number of nitrogen functional groups attached to an aromatic ring is 1. The number of fused-ring (bicyclic) bond motifs is 1. The number of aryl methyl sites for hydroxylation is 1. The molecule has 0 unspecified atom stereocenters. The van der Waals surface area contributed by atoms with Crippen LogP contribution in [0.15, 0.2) is 22.7 Å². The molecule has 0 saturated heterocycles. The second-order valence-electron chi connectivity index (χ2n) is 3.90. The highest BCUT2D eigenvalue weighted by atomic mass is 16.6. The second-order valence-corrected chi connectivity index (χ2v) is 3.90. The standard InChI is InChI=1S/C12H12N2O3/c1-7-2-3-9-12(16-5-4-15-9)11(7)8-6-10(13)17-14-8/h2-3,6H,4-5,13H2,1H3. The fraction of sp³-hybridized carbons (Fsp3) is 0.250. The van der Waals surface area contributed by atoms with E-state index in [0.29, 0.717) is 24.7 Å². The topological polar surface area (TPSA) is 70.5 Å². The van der Waals surface area contributed by atoms with Crippen LogP contribution in [0, 0.1) is 6.92 Å². The summed E-state index contributed by atoms with van der Waals surface area (Å²) in [6, 6.07) is 5.55. The zero-order valence-electron chi connectivity index (χ0n) is 9.40. The van der Waals surface area contributed by atoms with Crippen molar-refractivity contribution in [1.29, 1.82) is 0 Å². The van der Waals surface area contributed by atoms with E-state index < -0.39 is 0 Å². The molecule has 1 aliphatic heterocycles. The molecule has 1 aromatic heterocycles. The number of hydrogen-bond donors (Lipinski definition) is 1. The lowest BCUT2D eigenvalue weighted by atomic mass is 10.0. The van der Waals surface area contributed by atoms with Gasteiger partial charge in [-0.2, -0.15) is 0 Å². The summed E-state index contributed by atoms with van der Waals surface area (Å²) in [7, 11) is 0.